The molecule has 2 aromatic rings. The molecule has 0 saturated carbocycles. The number of hydrogen-bond acceptors (Lipinski definition) is 5. The fourth-order valence-electron chi connectivity index (χ4n) is 1.78. The molecule has 0 fully saturated rings. The number of para-hydroxylation sites is 1. The van der Waals surface area contributed by atoms with Gasteiger partial charge in [0.2, 0.25) is 10.0 Å². The molecule has 0 aliphatic rings. The normalized spacial score (nSPS) is 11.3. The van der Waals surface area contributed by atoms with Crippen molar-refractivity contribution >= 4 is 38.1 Å². The maximum absolute atomic E-state index is 12.6. The lowest BCUT2D eigenvalue weighted by Gasteiger charge is -2.16. The number of carbonyl (C=O) groups excluding carboxylic acids is 1. The van der Waals surface area contributed by atoms with E-state index in [1.54, 1.807) is 14.0 Å². The van der Waals surface area contributed by atoms with E-state index in [4.69, 9.17) is 0 Å². The summed E-state index contributed by atoms with van der Waals surface area (Å²) in [7, 11) is -0.304. The van der Waals surface area contributed by atoms with Crippen molar-refractivity contribution in [1.82, 2.24) is 4.98 Å². The van der Waals surface area contributed by atoms with Gasteiger partial charge in [-0.25, -0.2) is 17.7 Å². The van der Waals surface area contributed by atoms with E-state index in [2.05, 4.69) is 4.98 Å². The van der Waals surface area contributed by atoms with Gasteiger partial charge >= 0.3 is 0 Å². The summed E-state index contributed by atoms with van der Waals surface area (Å²) in [6.07, 6.45) is 1.10. The summed E-state index contributed by atoms with van der Waals surface area (Å²) in [5, 5.41) is 0.282. The highest BCUT2D eigenvalue weighted by Crippen LogP contribution is 2.28. The van der Waals surface area contributed by atoms with Gasteiger partial charge in [-0.2, -0.15) is 0 Å². The first-order valence-electron chi connectivity index (χ1n) is 6.46. The number of aryl methyl sites for hydroxylation is 1. The highest BCUT2D eigenvalue weighted by molar-refractivity contribution is 7.92. The summed E-state index contributed by atoms with van der Waals surface area (Å²) < 4.78 is 24.2. The smallest absolute Gasteiger partial charge is 0.270 e. The van der Waals surface area contributed by atoms with Crippen molar-refractivity contribution in [2.75, 3.05) is 29.6 Å². The zero-order chi connectivity index (χ0) is 16.5. The van der Waals surface area contributed by atoms with Crippen molar-refractivity contribution in [2.45, 2.75) is 6.92 Å². The summed E-state index contributed by atoms with van der Waals surface area (Å²) in [5.74, 6) is -0.214. The van der Waals surface area contributed by atoms with E-state index in [9.17, 15) is 13.2 Å². The molecular weight excluding hydrogens is 322 g/mol. The van der Waals surface area contributed by atoms with Gasteiger partial charge in [0, 0.05) is 19.8 Å². The molecular formula is C14H17N3O3S2. The predicted molar refractivity (Wildman–Crippen MR) is 89.3 cm³/mol. The Morgan fingerprint density at radius 3 is 2.32 bits per heavy atom. The van der Waals surface area contributed by atoms with Crippen LogP contribution < -0.4 is 9.21 Å². The Kier molecular flexibility index (Phi) is 4.52. The number of hydrogen-bond donors (Lipinski definition) is 0. The quantitative estimate of drug-likeness (QED) is 0.855. The first-order chi connectivity index (χ1) is 10.2. The topological polar surface area (TPSA) is 70.6 Å². The molecule has 118 valence electrons. The van der Waals surface area contributed by atoms with E-state index in [1.165, 1.54) is 11.9 Å². The fourth-order valence-corrected chi connectivity index (χ4v) is 3.53. The third-order valence-corrected chi connectivity index (χ3v) is 5.70. The number of rotatable bonds is 4. The third-order valence-electron chi connectivity index (χ3n) is 3.19. The SMILES string of the molecule is Cc1nc(N(C)S(C)(=O)=O)sc1C(=O)N(C)c1ccccc1. The number of thiazole rings is 1. The number of aromatic nitrogens is 1. The van der Waals surface area contributed by atoms with Crippen LogP contribution in [-0.2, 0) is 10.0 Å². The summed E-state index contributed by atoms with van der Waals surface area (Å²) in [6.45, 7) is 1.70. The summed E-state index contributed by atoms with van der Waals surface area (Å²) in [4.78, 5) is 18.7. The molecule has 0 aliphatic carbocycles. The minimum atomic E-state index is -3.40. The average Bonchev–Trinajstić information content (AvgIpc) is 2.86. The molecule has 8 heteroatoms. The van der Waals surface area contributed by atoms with E-state index < -0.39 is 10.0 Å². The molecule has 1 heterocycles. The third kappa shape index (κ3) is 3.28. The van der Waals surface area contributed by atoms with Gasteiger partial charge in [-0.15, -0.1) is 0 Å². The van der Waals surface area contributed by atoms with Gasteiger partial charge < -0.3 is 4.90 Å². The van der Waals surface area contributed by atoms with Crippen molar-refractivity contribution in [2.24, 2.45) is 0 Å². The Labute approximate surface area is 134 Å². The molecule has 0 unspecified atom stereocenters. The summed E-state index contributed by atoms with van der Waals surface area (Å²) in [6, 6.07) is 9.23. The molecule has 0 aliphatic heterocycles. The van der Waals surface area contributed by atoms with Gasteiger partial charge in [0.05, 0.1) is 11.9 Å². The lowest BCUT2D eigenvalue weighted by Crippen LogP contribution is -2.26. The second-order valence-electron chi connectivity index (χ2n) is 4.84. The van der Waals surface area contributed by atoms with Crippen LogP contribution in [0.1, 0.15) is 15.4 Å². The van der Waals surface area contributed by atoms with Crippen molar-refractivity contribution < 1.29 is 13.2 Å². The van der Waals surface area contributed by atoms with E-state index in [0.717, 1.165) is 27.6 Å². The Balaban J connectivity index is 2.34. The van der Waals surface area contributed by atoms with Crippen molar-refractivity contribution in [3.63, 3.8) is 0 Å². The fraction of sp³-hybridized carbons (Fsp3) is 0.286. The highest BCUT2D eigenvalue weighted by Gasteiger charge is 2.23. The Morgan fingerprint density at radius 2 is 1.77 bits per heavy atom. The molecule has 2 rings (SSSR count). The number of benzene rings is 1. The maximum Gasteiger partial charge on any atom is 0.270 e. The van der Waals surface area contributed by atoms with Crippen LogP contribution in [0.4, 0.5) is 10.8 Å². The summed E-state index contributed by atoms with van der Waals surface area (Å²) in [5.41, 5.74) is 1.28. The van der Waals surface area contributed by atoms with E-state index >= 15 is 0 Å². The van der Waals surface area contributed by atoms with Gasteiger partial charge in [-0.05, 0) is 19.1 Å². The van der Waals surface area contributed by atoms with Crippen LogP contribution in [0, 0.1) is 6.92 Å². The molecule has 0 radical (unpaired) electrons. The largest absolute Gasteiger partial charge is 0.311 e. The lowest BCUT2D eigenvalue weighted by molar-refractivity contribution is 0.0996. The number of carbonyl (C=O) groups is 1. The Hall–Kier alpha value is -1.93. The number of anilines is 2. The van der Waals surface area contributed by atoms with Crippen LogP contribution >= 0.6 is 11.3 Å². The van der Waals surface area contributed by atoms with E-state index in [0.29, 0.717) is 10.6 Å². The molecule has 6 nitrogen and oxygen atoms in total. The van der Waals surface area contributed by atoms with Crippen molar-refractivity contribution in [1.29, 1.82) is 0 Å². The zero-order valence-electron chi connectivity index (χ0n) is 12.8. The molecule has 0 saturated heterocycles. The van der Waals surface area contributed by atoms with Gasteiger partial charge in [0.25, 0.3) is 5.91 Å². The second-order valence-corrected chi connectivity index (χ2v) is 7.83. The van der Waals surface area contributed by atoms with Gasteiger partial charge in [-0.1, -0.05) is 29.5 Å². The minimum absolute atomic E-state index is 0.214. The lowest BCUT2D eigenvalue weighted by atomic mass is 10.3. The van der Waals surface area contributed by atoms with Crippen LogP contribution in [0.3, 0.4) is 0 Å². The van der Waals surface area contributed by atoms with E-state index in [1.807, 2.05) is 30.3 Å². The van der Waals surface area contributed by atoms with E-state index in [-0.39, 0.29) is 11.0 Å². The van der Waals surface area contributed by atoms with Crippen LogP contribution in [0.15, 0.2) is 30.3 Å². The van der Waals surface area contributed by atoms with Crippen molar-refractivity contribution in [3.05, 3.63) is 40.9 Å². The number of sulfonamides is 1. The molecule has 1 aromatic carbocycles. The standard InChI is InChI=1S/C14H17N3O3S2/c1-10-12(21-14(15-10)17(3)22(4,19)20)13(18)16(2)11-8-6-5-7-9-11/h5-9H,1-4H3. The average molecular weight is 339 g/mol. The van der Waals surface area contributed by atoms with Gasteiger partial charge in [0.15, 0.2) is 5.13 Å². The molecule has 0 bridgehead atoms. The number of amides is 1. The first-order valence-corrected chi connectivity index (χ1v) is 9.12. The van der Waals surface area contributed by atoms with Crippen LogP contribution in [-0.4, -0.2) is 39.7 Å². The molecule has 1 aromatic heterocycles. The van der Waals surface area contributed by atoms with Crippen LogP contribution in [0.2, 0.25) is 0 Å². The monoisotopic (exact) mass is 339 g/mol. The minimum Gasteiger partial charge on any atom is -0.311 e. The zero-order valence-corrected chi connectivity index (χ0v) is 14.4. The number of nitrogens with zero attached hydrogens (tertiary/aromatic N) is 3. The van der Waals surface area contributed by atoms with Gasteiger partial charge in [-0.3, -0.25) is 4.79 Å². The molecule has 22 heavy (non-hydrogen) atoms. The Bertz CT molecular complexity index is 785. The molecule has 0 spiro atoms. The highest BCUT2D eigenvalue weighted by atomic mass is 32.2. The maximum atomic E-state index is 12.6. The van der Waals surface area contributed by atoms with Crippen molar-refractivity contribution in [3.8, 4) is 0 Å². The Morgan fingerprint density at radius 1 is 1.18 bits per heavy atom. The predicted octanol–water partition coefficient (Wildman–Crippen LogP) is 2.12. The van der Waals surface area contributed by atoms with Crippen LogP contribution in [0.25, 0.3) is 0 Å². The second kappa shape index (κ2) is 6.05. The molecule has 1 amide bonds. The van der Waals surface area contributed by atoms with Crippen LogP contribution in [0.5, 0.6) is 0 Å². The molecule has 0 N–H and O–H groups in total. The summed E-state index contributed by atoms with van der Waals surface area (Å²) >= 11 is 1.07. The first kappa shape index (κ1) is 16.4. The molecule has 0 atom stereocenters. The van der Waals surface area contributed by atoms with Gasteiger partial charge in [0.1, 0.15) is 4.88 Å².